The van der Waals surface area contributed by atoms with Crippen molar-refractivity contribution in [2.75, 3.05) is 13.2 Å². The van der Waals surface area contributed by atoms with Crippen molar-refractivity contribution in [3.05, 3.63) is 29.3 Å². The van der Waals surface area contributed by atoms with Crippen LogP contribution in [0, 0.1) is 6.92 Å². The third-order valence-electron chi connectivity index (χ3n) is 2.38. The fraction of sp³-hybridized carbons (Fsp3) is 0.571. The predicted molar refractivity (Wildman–Crippen MR) is 70.3 cm³/mol. The van der Waals surface area contributed by atoms with Crippen LogP contribution in [-0.4, -0.2) is 18.8 Å². The Kier molecular flexibility index (Phi) is 4.97. The molecule has 0 atom stereocenters. The van der Waals surface area contributed by atoms with Crippen LogP contribution in [0.4, 0.5) is 0 Å². The van der Waals surface area contributed by atoms with E-state index in [1.165, 1.54) is 0 Å². The monoisotopic (exact) mass is 237 g/mol. The highest BCUT2D eigenvalue weighted by atomic mass is 16.5. The van der Waals surface area contributed by atoms with Gasteiger partial charge in [-0.15, -0.1) is 0 Å². The molecular formula is C14H23NO2. The number of ether oxygens (including phenoxy) is 2. The molecule has 0 aromatic heterocycles. The number of aryl methyl sites for hydroxylation is 1. The maximum absolute atomic E-state index is 5.75. The summed E-state index contributed by atoms with van der Waals surface area (Å²) >= 11 is 0. The van der Waals surface area contributed by atoms with Crippen molar-refractivity contribution in [2.45, 2.75) is 39.8 Å². The second-order valence-electron chi connectivity index (χ2n) is 5.08. The molecule has 17 heavy (non-hydrogen) atoms. The van der Waals surface area contributed by atoms with E-state index in [1.54, 1.807) is 0 Å². The van der Waals surface area contributed by atoms with Gasteiger partial charge in [-0.05, 0) is 33.3 Å². The molecule has 0 aliphatic heterocycles. The van der Waals surface area contributed by atoms with Crippen LogP contribution in [0.3, 0.4) is 0 Å². The van der Waals surface area contributed by atoms with Crippen molar-refractivity contribution < 1.29 is 9.47 Å². The zero-order valence-electron chi connectivity index (χ0n) is 11.2. The second kappa shape index (κ2) is 6.03. The number of hydrogen-bond donors (Lipinski definition) is 1. The fourth-order valence-corrected chi connectivity index (χ4v) is 1.57. The van der Waals surface area contributed by atoms with Crippen LogP contribution in [0.25, 0.3) is 0 Å². The summed E-state index contributed by atoms with van der Waals surface area (Å²) in [4.78, 5) is 0. The van der Waals surface area contributed by atoms with E-state index in [-0.39, 0.29) is 5.60 Å². The van der Waals surface area contributed by atoms with Gasteiger partial charge >= 0.3 is 0 Å². The first-order valence-corrected chi connectivity index (χ1v) is 5.99. The number of nitrogens with two attached hydrogens (primary N) is 1. The second-order valence-corrected chi connectivity index (χ2v) is 5.08. The first-order chi connectivity index (χ1) is 7.94. The fourth-order valence-electron chi connectivity index (χ4n) is 1.57. The number of rotatable bonds is 5. The molecule has 0 aliphatic rings. The predicted octanol–water partition coefficient (Wildman–Crippen LogP) is 2.65. The average molecular weight is 237 g/mol. The van der Waals surface area contributed by atoms with Crippen LogP contribution in [-0.2, 0) is 11.3 Å². The minimum Gasteiger partial charge on any atom is -0.491 e. The molecule has 0 fully saturated rings. The summed E-state index contributed by atoms with van der Waals surface area (Å²) in [6, 6.07) is 6.02. The lowest BCUT2D eigenvalue weighted by Crippen LogP contribution is -2.22. The van der Waals surface area contributed by atoms with Crippen LogP contribution in [0.1, 0.15) is 31.9 Å². The standard InChI is InChI=1S/C14H23NO2/c1-11-6-5-7-12(10-15)13(11)16-8-9-17-14(2,3)4/h5-7H,8-10,15H2,1-4H3. The van der Waals surface area contributed by atoms with Crippen molar-refractivity contribution in [1.29, 1.82) is 0 Å². The van der Waals surface area contributed by atoms with Gasteiger partial charge in [0.2, 0.25) is 0 Å². The number of benzene rings is 1. The van der Waals surface area contributed by atoms with Crippen LogP contribution in [0.2, 0.25) is 0 Å². The summed E-state index contributed by atoms with van der Waals surface area (Å²) in [5.74, 6) is 0.896. The smallest absolute Gasteiger partial charge is 0.126 e. The van der Waals surface area contributed by atoms with E-state index < -0.39 is 0 Å². The van der Waals surface area contributed by atoms with Crippen LogP contribution in [0.15, 0.2) is 18.2 Å². The molecule has 0 bridgehead atoms. The SMILES string of the molecule is Cc1cccc(CN)c1OCCOC(C)(C)C. The van der Waals surface area contributed by atoms with Gasteiger partial charge in [-0.25, -0.2) is 0 Å². The third-order valence-corrected chi connectivity index (χ3v) is 2.38. The van der Waals surface area contributed by atoms with E-state index in [2.05, 4.69) is 0 Å². The van der Waals surface area contributed by atoms with E-state index in [4.69, 9.17) is 15.2 Å². The molecule has 0 amide bonds. The molecule has 0 aliphatic carbocycles. The highest BCUT2D eigenvalue weighted by Crippen LogP contribution is 2.22. The Bertz CT molecular complexity index is 356. The molecule has 0 unspecified atom stereocenters. The van der Waals surface area contributed by atoms with Gasteiger partial charge in [0.15, 0.2) is 0 Å². The maximum atomic E-state index is 5.75. The van der Waals surface area contributed by atoms with Crippen molar-refractivity contribution in [1.82, 2.24) is 0 Å². The largest absolute Gasteiger partial charge is 0.491 e. The van der Waals surface area contributed by atoms with Crippen molar-refractivity contribution >= 4 is 0 Å². The minimum absolute atomic E-state index is 0.119. The van der Waals surface area contributed by atoms with Crippen LogP contribution in [0.5, 0.6) is 5.75 Å². The summed E-state index contributed by atoms with van der Waals surface area (Å²) < 4.78 is 11.4. The zero-order chi connectivity index (χ0) is 12.9. The van der Waals surface area contributed by atoms with E-state index in [0.29, 0.717) is 19.8 Å². The molecule has 1 aromatic carbocycles. The molecule has 0 spiro atoms. The zero-order valence-corrected chi connectivity index (χ0v) is 11.2. The van der Waals surface area contributed by atoms with E-state index in [9.17, 15) is 0 Å². The minimum atomic E-state index is -0.119. The lowest BCUT2D eigenvalue weighted by Gasteiger charge is -2.20. The Morgan fingerprint density at radius 3 is 2.47 bits per heavy atom. The quantitative estimate of drug-likeness (QED) is 0.801. The molecule has 2 N–H and O–H groups in total. The van der Waals surface area contributed by atoms with Gasteiger partial charge in [0.1, 0.15) is 12.4 Å². The summed E-state index contributed by atoms with van der Waals surface area (Å²) in [6.07, 6.45) is 0. The highest BCUT2D eigenvalue weighted by Gasteiger charge is 2.10. The molecule has 0 saturated heterocycles. The van der Waals surface area contributed by atoms with E-state index >= 15 is 0 Å². The van der Waals surface area contributed by atoms with Gasteiger partial charge < -0.3 is 15.2 Å². The topological polar surface area (TPSA) is 44.5 Å². The summed E-state index contributed by atoms with van der Waals surface area (Å²) in [7, 11) is 0. The Morgan fingerprint density at radius 1 is 1.18 bits per heavy atom. The molecule has 3 heteroatoms. The van der Waals surface area contributed by atoms with Crippen molar-refractivity contribution in [3.8, 4) is 5.75 Å². The molecule has 0 saturated carbocycles. The Balaban J connectivity index is 2.52. The third kappa shape index (κ3) is 4.75. The van der Waals surface area contributed by atoms with Crippen LogP contribution < -0.4 is 10.5 Å². The van der Waals surface area contributed by atoms with Crippen LogP contribution >= 0.6 is 0 Å². The molecule has 1 rings (SSSR count). The lowest BCUT2D eigenvalue weighted by molar-refractivity contribution is -0.0164. The Hall–Kier alpha value is -1.06. The van der Waals surface area contributed by atoms with E-state index in [0.717, 1.165) is 16.9 Å². The maximum Gasteiger partial charge on any atom is 0.126 e. The normalized spacial score (nSPS) is 11.6. The van der Waals surface area contributed by atoms with Gasteiger partial charge in [-0.3, -0.25) is 0 Å². The number of para-hydroxylation sites is 1. The Labute approximate surface area is 104 Å². The lowest BCUT2D eigenvalue weighted by atomic mass is 10.1. The average Bonchev–Trinajstić information content (AvgIpc) is 2.24. The van der Waals surface area contributed by atoms with Gasteiger partial charge in [-0.1, -0.05) is 18.2 Å². The first kappa shape index (κ1) is 14.0. The van der Waals surface area contributed by atoms with E-state index in [1.807, 2.05) is 45.9 Å². The molecule has 0 heterocycles. The summed E-state index contributed by atoms with van der Waals surface area (Å²) in [6.45, 7) is 9.76. The Morgan fingerprint density at radius 2 is 1.88 bits per heavy atom. The van der Waals surface area contributed by atoms with Gasteiger partial charge in [0.25, 0.3) is 0 Å². The summed E-state index contributed by atoms with van der Waals surface area (Å²) in [5.41, 5.74) is 7.72. The molecule has 1 aromatic rings. The first-order valence-electron chi connectivity index (χ1n) is 5.99. The van der Waals surface area contributed by atoms with Gasteiger partial charge in [-0.2, -0.15) is 0 Å². The summed E-state index contributed by atoms with van der Waals surface area (Å²) in [5, 5.41) is 0. The highest BCUT2D eigenvalue weighted by molar-refractivity contribution is 5.40. The van der Waals surface area contributed by atoms with Gasteiger partial charge in [0, 0.05) is 12.1 Å². The number of hydrogen-bond acceptors (Lipinski definition) is 3. The molecule has 0 radical (unpaired) electrons. The molecule has 96 valence electrons. The van der Waals surface area contributed by atoms with Crippen molar-refractivity contribution in [2.24, 2.45) is 5.73 Å². The van der Waals surface area contributed by atoms with Gasteiger partial charge in [0.05, 0.1) is 12.2 Å². The molecule has 3 nitrogen and oxygen atoms in total. The van der Waals surface area contributed by atoms with Crippen molar-refractivity contribution in [3.63, 3.8) is 0 Å². The molecular weight excluding hydrogens is 214 g/mol.